The van der Waals surface area contributed by atoms with E-state index in [1.54, 1.807) is 0 Å². The second kappa shape index (κ2) is 12.2. The summed E-state index contributed by atoms with van der Waals surface area (Å²) in [6, 6.07) is 14.3. The highest BCUT2D eigenvalue weighted by molar-refractivity contribution is 6.05. The van der Waals surface area contributed by atoms with Crippen LogP contribution in [0.4, 0.5) is 23.2 Å². The number of carboxylic acid groups (broad SMARTS) is 1. The van der Waals surface area contributed by atoms with Crippen LogP contribution in [0, 0.1) is 5.82 Å². The molecule has 3 N–H and O–H groups in total. The Balaban J connectivity index is 1.40. The predicted octanol–water partition coefficient (Wildman–Crippen LogP) is 4.40. The monoisotopic (exact) mass is 571 g/mol. The van der Waals surface area contributed by atoms with Gasteiger partial charge in [0, 0.05) is 25.1 Å². The molecule has 1 heterocycles. The molecule has 8 nitrogen and oxygen atoms in total. The molecule has 4 rings (SSSR count). The molecule has 0 aromatic heterocycles. The first-order chi connectivity index (χ1) is 19.4. The average Bonchev–Trinajstić information content (AvgIpc) is 3.29. The number of nitrogens with one attached hydrogen (secondary N) is 2. The quantitative estimate of drug-likeness (QED) is 0.330. The van der Waals surface area contributed by atoms with Gasteiger partial charge in [-0.2, -0.15) is 13.2 Å². The van der Waals surface area contributed by atoms with Crippen molar-refractivity contribution in [3.8, 4) is 0 Å². The van der Waals surface area contributed by atoms with Crippen LogP contribution in [0.3, 0.4) is 0 Å². The van der Waals surface area contributed by atoms with E-state index in [2.05, 4.69) is 10.6 Å². The Bertz CT molecular complexity index is 1450. The first kappa shape index (κ1) is 29.2. The minimum atomic E-state index is -4.95. The maximum absolute atomic E-state index is 13.3. The van der Waals surface area contributed by atoms with Crippen molar-refractivity contribution >= 4 is 29.4 Å². The van der Waals surface area contributed by atoms with Crippen molar-refractivity contribution in [2.24, 2.45) is 0 Å². The van der Waals surface area contributed by atoms with Gasteiger partial charge in [0.05, 0.1) is 11.1 Å². The predicted molar refractivity (Wildman–Crippen MR) is 139 cm³/mol. The number of carboxylic acids is 1. The van der Waals surface area contributed by atoms with Crippen LogP contribution in [0.1, 0.15) is 39.9 Å². The Hall–Kier alpha value is -4.74. The lowest BCUT2D eigenvalue weighted by atomic mass is 10.0. The van der Waals surface area contributed by atoms with E-state index in [1.165, 1.54) is 29.2 Å². The molecule has 0 radical (unpaired) electrons. The molecular weight excluding hydrogens is 546 g/mol. The summed E-state index contributed by atoms with van der Waals surface area (Å²) in [7, 11) is 0. The number of hydrogen-bond acceptors (Lipinski definition) is 4. The van der Waals surface area contributed by atoms with Gasteiger partial charge in [-0.15, -0.1) is 0 Å². The van der Waals surface area contributed by atoms with Crippen molar-refractivity contribution in [3.63, 3.8) is 0 Å². The average molecular weight is 572 g/mol. The number of likely N-dealkylation sites (tertiary alicyclic amines) is 1. The van der Waals surface area contributed by atoms with Gasteiger partial charge in [-0.3, -0.25) is 14.4 Å². The number of carbonyl (C=O) groups excluding carboxylic acids is 3. The summed E-state index contributed by atoms with van der Waals surface area (Å²) in [6.07, 6.45) is -4.66. The minimum absolute atomic E-state index is 0.119. The number of anilines is 1. The number of aliphatic carboxylic acids is 1. The fourth-order valence-corrected chi connectivity index (χ4v) is 4.56. The Morgan fingerprint density at radius 3 is 2.29 bits per heavy atom. The van der Waals surface area contributed by atoms with Crippen LogP contribution < -0.4 is 10.6 Å². The summed E-state index contributed by atoms with van der Waals surface area (Å²) in [5.41, 5.74) is -0.775. The molecule has 2 atom stereocenters. The highest BCUT2D eigenvalue weighted by Crippen LogP contribution is 2.33. The number of alkyl halides is 3. The molecule has 3 aromatic rings. The van der Waals surface area contributed by atoms with Gasteiger partial charge in [-0.05, 0) is 47.9 Å². The number of carbonyl (C=O) groups is 4. The Morgan fingerprint density at radius 2 is 1.66 bits per heavy atom. The van der Waals surface area contributed by atoms with Crippen LogP contribution in [0.2, 0.25) is 0 Å². The van der Waals surface area contributed by atoms with Gasteiger partial charge < -0.3 is 20.6 Å². The zero-order chi connectivity index (χ0) is 29.7. The highest BCUT2D eigenvalue weighted by Gasteiger charge is 2.38. The maximum Gasteiger partial charge on any atom is 0.417 e. The summed E-state index contributed by atoms with van der Waals surface area (Å²) in [4.78, 5) is 51.2. The molecule has 1 unspecified atom stereocenters. The van der Waals surface area contributed by atoms with Gasteiger partial charge in [-0.1, -0.05) is 42.5 Å². The standard InChI is InChI=1S/C29H25F4N3O5/c30-19-8-11-21(22(15-19)29(31,32)33)26(38)34-20-9-6-17(7-10-20)14-23(28(40)41)35-27(39)24-12-13-25(37)36(24)16-18-4-2-1-3-5-18/h1-11,15,23-24H,12-14,16H2,(H,34,38)(H,35,39)(H,40,41)/t23-,24?/m0/s1. The lowest BCUT2D eigenvalue weighted by Gasteiger charge is -2.26. The topological polar surface area (TPSA) is 116 Å². The van der Waals surface area contributed by atoms with Gasteiger partial charge in [0.1, 0.15) is 17.9 Å². The fraction of sp³-hybridized carbons (Fsp3) is 0.241. The molecule has 12 heteroatoms. The number of nitrogens with zero attached hydrogens (tertiary/aromatic N) is 1. The number of amides is 3. The lowest BCUT2D eigenvalue weighted by molar-refractivity contribution is -0.143. The van der Waals surface area contributed by atoms with E-state index in [4.69, 9.17) is 0 Å². The molecular formula is C29H25F4N3O5. The molecule has 1 fully saturated rings. The second-order valence-corrected chi connectivity index (χ2v) is 9.50. The highest BCUT2D eigenvalue weighted by atomic mass is 19.4. The molecule has 214 valence electrons. The molecule has 1 saturated heterocycles. The molecule has 1 aliphatic heterocycles. The number of rotatable bonds is 9. The molecule has 0 spiro atoms. The lowest BCUT2D eigenvalue weighted by Crippen LogP contribution is -2.50. The van der Waals surface area contributed by atoms with E-state index in [-0.39, 0.29) is 43.5 Å². The largest absolute Gasteiger partial charge is 0.480 e. The van der Waals surface area contributed by atoms with Crippen LogP contribution in [-0.2, 0) is 33.5 Å². The van der Waals surface area contributed by atoms with Crippen molar-refractivity contribution in [1.82, 2.24) is 10.2 Å². The fourth-order valence-electron chi connectivity index (χ4n) is 4.56. The molecule has 1 aliphatic rings. The minimum Gasteiger partial charge on any atom is -0.480 e. The van der Waals surface area contributed by atoms with E-state index in [0.717, 1.165) is 17.7 Å². The van der Waals surface area contributed by atoms with Gasteiger partial charge in [0.2, 0.25) is 11.8 Å². The molecule has 3 amide bonds. The van der Waals surface area contributed by atoms with E-state index >= 15 is 0 Å². The number of hydrogen-bond donors (Lipinski definition) is 3. The van der Waals surface area contributed by atoms with Gasteiger partial charge in [0.25, 0.3) is 5.91 Å². The SMILES string of the molecule is O=C(Nc1ccc(C[C@H](NC(=O)C2CCC(=O)N2Cc2ccccc2)C(=O)O)cc1)c1ccc(F)cc1C(F)(F)F. The summed E-state index contributed by atoms with van der Waals surface area (Å²) < 4.78 is 53.1. The third-order valence-electron chi connectivity index (χ3n) is 6.62. The van der Waals surface area contributed by atoms with Crippen molar-refractivity contribution in [1.29, 1.82) is 0 Å². The smallest absolute Gasteiger partial charge is 0.417 e. The zero-order valence-corrected chi connectivity index (χ0v) is 21.5. The van der Waals surface area contributed by atoms with E-state index in [0.29, 0.717) is 5.56 Å². The van der Waals surface area contributed by atoms with Gasteiger partial charge in [0.15, 0.2) is 0 Å². The maximum atomic E-state index is 13.3. The summed E-state index contributed by atoms with van der Waals surface area (Å²) >= 11 is 0. The first-order valence-corrected chi connectivity index (χ1v) is 12.6. The summed E-state index contributed by atoms with van der Waals surface area (Å²) in [6.45, 7) is 0.213. The van der Waals surface area contributed by atoms with Crippen LogP contribution in [0.25, 0.3) is 0 Å². The molecule has 41 heavy (non-hydrogen) atoms. The Morgan fingerprint density at radius 1 is 0.976 bits per heavy atom. The normalized spacial score (nSPS) is 15.9. The van der Waals surface area contributed by atoms with Crippen LogP contribution in [0.5, 0.6) is 0 Å². The Labute approximate surface area is 232 Å². The van der Waals surface area contributed by atoms with Crippen molar-refractivity contribution < 1.29 is 41.8 Å². The van der Waals surface area contributed by atoms with Crippen LogP contribution in [-0.4, -0.2) is 45.8 Å². The van der Waals surface area contributed by atoms with E-state index < -0.39 is 53.0 Å². The third kappa shape index (κ3) is 7.27. The molecule has 0 aliphatic carbocycles. The number of halogens is 4. The number of benzene rings is 3. The van der Waals surface area contributed by atoms with Crippen LogP contribution >= 0.6 is 0 Å². The summed E-state index contributed by atoms with van der Waals surface area (Å²) in [5.74, 6) is -4.34. The molecule has 0 saturated carbocycles. The third-order valence-corrected chi connectivity index (χ3v) is 6.62. The Kier molecular flexibility index (Phi) is 8.70. The van der Waals surface area contributed by atoms with Crippen LogP contribution in [0.15, 0.2) is 72.8 Å². The van der Waals surface area contributed by atoms with Gasteiger partial charge in [-0.25, -0.2) is 9.18 Å². The van der Waals surface area contributed by atoms with E-state index in [9.17, 15) is 41.8 Å². The van der Waals surface area contributed by atoms with Gasteiger partial charge >= 0.3 is 12.1 Å². The van der Waals surface area contributed by atoms with Crippen molar-refractivity contribution in [3.05, 3.63) is 101 Å². The molecule has 0 bridgehead atoms. The van der Waals surface area contributed by atoms with Crippen molar-refractivity contribution in [2.75, 3.05) is 5.32 Å². The second-order valence-electron chi connectivity index (χ2n) is 9.50. The van der Waals surface area contributed by atoms with Crippen molar-refractivity contribution in [2.45, 2.75) is 44.1 Å². The first-order valence-electron chi connectivity index (χ1n) is 12.6. The zero-order valence-electron chi connectivity index (χ0n) is 21.5. The molecule has 3 aromatic carbocycles. The summed E-state index contributed by atoms with van der Waals surface area (Å²) in [5, 5.41) is 14.5. The van der Waals surface area contributed by atoms with E-state index in [1.807, 2.05) is 30.3 Å².